The summed E-state index contributed by atoms with van der Waals surface area (Å²) in [4.78, 5) is 2.40. The summed E-state index contributed by atoms with van der Waals surface area (Å²) in [6.07, 6.45) is 1.13. The molecule has 1 atom stereocenters. The molecule has 1 N–H and O–H groups in total. The molecule has 1 aliphatic heterocycles. The van der Waals surface area contributed by atoms with E-state index >= 15 is 0 Å². The summed E-state index contributed by atoms with van der Waals surface area (Å²) < 4.78 is 10.8. The number of nitrogens with zero attached hydrogens (tertiary/aromatic N) is 1. The Morgan fingerprint density at radius 2 is 2.00 bits per heavy atom. The Morgan fingerprint density at radius 3 is 2.53 bits per heavy atom. The van der Waals surface area contributed by atoms with E-state index in [2.05, 4.69) is 30.1 Å². The molecule has 1 aromatic rings. The van der Waals surface area contributed by atoms with E-state index in [-0.39, 0.29) is 5.54 Å². The molecule has 2 rings (SSSR count). The van der Waals surface area contributed by atoms with Crippen molar-refractivity contribution in [2.75, 3.05) is 32.7 Å². The second-order valence-corrected chi connectivity index (χ2v) is 5.47. The van der Waals surface area contributed by atoms with Crippen molar-refractivity contribution >= 4 is 5.69 Å². The maximum Gasteiger partial charge on any atom is 0.142 e. The standard InChI is InChI=1S/C15H24N2O2/c1-15(2)14(16-3)8-9-17(15)12-10-11(18-4)6-7-13(12)19-5/h6-7,10,14,16H,8-9H2,1-5H3. The van der Waals surface area contributed by atoms with Crippen LogP contribution >= 0.6 is 0 Å². The highest BCUT2D eigenvalue weighted by atomic mass is 16.5. The number of methoxy groups -OCH3 is 2. The van der Waals surface area contributed by atoms with Gasteiger partial charge >= 0.3 is 0 Å². The summed E-state index contributed by atoms with van der Waals surface area (Å²) in [5.41, 5.74) is 1.15. The van der Waals surface area contributed by atoms with Gasteiger partial charge in [-0.1, -0.05) is 0 Å². The SMILES string of the molecule is CNC1CCN(c2cc(OC)ccc2OC)C1(C)C. The summed E-state index contributed by atoms with van der Waals surface area (Å²) in [5.74, 6) is 1.75. The van der Waals surface area contributed by atoms with Gasteiger partial charge in [-0.05, 0) is 39.4 Å². The molecule has 4 nitrogen and oxygen atoms in total. The van der Waals surface area contributed by atoms with Crippen molar-refractivity contribution in [3.63, 3.8) is 0 Å². The third-order valence-corrected chi connectivity index (χ3v) is 4.22. The predicted octanol–water partition coefficient (Wildman–Crippen LogP) is 2.28. The molecule has 1 fully saturated rings. The van der Waals surface area contributed by atoms with Crippen molar-refractivity contribution in [2.45, 2.75) is 31.8 Å². The summed E-state index contributed by atoms with van der Waals surface area (Å²) in [7, 11) is 5.43. The van der Waals surface area contributed by atoms with E-state index < -0.39 is 0 Å². The van der Waals surface area contributed by atoms with Gasteiger partial charge in [0.15, 0.2) is 0 Å². The third kappa shape index (κ3) is 2.37. The zero-order valence-electron chi connectivity index (χ0n) is 12.5. The first-order chi connectivity index (χ1) is 9.04. The fourth-order valence-electron chi connectivity index (χ4n) is 3.02. The van der Waals surface area contributed by atoms with Crippen LogP contribution in [0.2, 0.25) is 0 Å². The molecule has 0 aromatic heterocycles. The van der Waals surface area contributed by atoms with Gasteiger partial charge in [-0.3, -0.25) is 0 Å². The van der Waals surface area contributed by atoms with E-state index in [1.807, 2.05) is 19.2 Å². The van der Waals surface area contributed by atoms with Crippen LogP contribution in [-0.4, -0.2) is 39.4 Å². The van der Waals surface area contributed by atoms with E-state index in [1.54, 1.807) is 14.2 Å². The second kappa shape index (κ2) is 5.29. The number of likely N-dealkylation sites (N-methyl/N-ethyl adjacent to an activating group) is 1. The van der Waals surface area contributed by atoms with Crippen LogP contribution in [0.4, 0.5) is 5.69 Å². The van der Waals surface area contributed by atoms with E-state index in [9.17, 15) is 0 Å². The van der Waals surface area contributed by atoms with Crippen LogP contribution in [-0.2, 0) is 0 Å². The molecule has 4 heteroatoms. The number of anilines is 1. The number of benzene rings is 1. The van der Waals surface area contributed by atoms with Gasteiger partial charge in [0.05, 0.1) is 25.4 Å². The lowest BCUT2D eigenvalue weighted by molar-refractivity contribution is 0.385. The van der Waals surface area contributed by atoms with Crippen molar-refractivity contribution in [1.82, 2.24) is 5.32 Å². The van der Waals surface area contributed by atoms with Gasteiger partial charge < -0.3 is 19.7 Å². The van der Waals surface area contributed by atoms with Gasteiger partial charge in [-0.25, -0.2) is 0 Å². The number of rotatable bonds is 4. The number of hydrogen-bond acceptors (Lipinski definition) is 4. The van der Waals surface area contributed by atoms with Gasteiger partial charge in [0, 0.05) is 18.7 Å². The first kappa shape index (κ1) is 14.0. The molecule has 1 aromatic carbocycles. The normalized spacial score (nSPS) is 21.5. The summed E-state index contributed by atoms with van der Waals surface area (Å²) >= 11 is 0. The Bertz CT molecular complexity index is 446. The van der Waals surface area contributed by atoms with Gasteiger partial charge in [-0.15, -0.1) is 0 Å². The fraction of sp³-hybridized carbons (Fsp3) is 0.600. The first-order valence-corrected chi connectivity index (χ1v) is 6.71. The molecule has 0 radical (unpaired) electrons. The Kier molecular flexibility index (Phi) is 3.90. The van der Waals surface area contributed by atoms with Crippen molar-refractivity contribution in [2.24, 2.45) is 0 Å². The maximum absolute atomic E-state index is 5.50. The molecule has 1 heterocycles. The zero-order chi connectivity index (χ0) is 14.0. The number of nitrogens with one attached hydrogen (secondary N) is 1. The lowest BCUT2D eigenvalue weighted by Gasteiger charge is -2.38. The molecule has 0 spiro atoms. The molecule has 106 valence electrons. The topological polar surface area (TPSA) is 33.7 Å². The maximum atomic E-state index is 5.50. The second-order valence-electron chi connectivity index (χ2n) is 5.47. The number of hydrogen-bond donors (Lipinski definition) is 1. The summed E-state index contributed by atoms with van der Waals surface area (Å²) in [5, 5.41) is 3.41. The lowest BCUT2D eigenvalue weighted by atomic mass is 9.95. The Balaban J connectivity index is 2.41. The van der Waals surface area contributed by atoms with Crippen LogP contribution in [0.1, 0.15) is 20.3 Å². The van der Waals surface area contributed by atoms with Gasteiger partial charge in [0.25, 0.3) is 0 Å². The lowest BCUT2D eigenvalue weighted by Crippen LogP contribution is -2.50. The minimum absolute atomic E-state index is 0.0500. The van der Waals surface area contributed by atoms with Crippen molar-refractivity contribution in [3.8, 4) is 11.5 Å². The summed E-state index contributed by atoms with van der Waals surface area (Å²) in [6, 6.07) is 6.43. The molecule has 1 unspecified atom stereocenters. The van der Waals surface area contributed by atoms with Crippen molar-refractivity contribution < 1.29 is 9.47 Å². The molecule has 0 amide bonds. The van der Waals surface area contributed by atoms with Gasteiger partial charge in [0.1, 0.15) is 11.5 Å². The van der Waals surface area contributed by atoms with Crippen LogP contribution in [0, 0.1) is 0 Å². The Hall–Kier alpha value is -1.42. The third-order valence-electron chi connectivity index (χ3n) is 4.22. The molecular weight excluding hydrogens is 240 g/mol. The molecule has 1 aliphatic rings. The molecule has 19 heavy (non-hydrogen) atoms. The first-order valence-electron chi connectivity index (χ1n) is 6.71. The average molecular weight is 264 g/mol. The smallest absolute Gasteiger partial charge is 0.142 e. The predicted molar refractivity (Wildman–Crippen MR) is 78.4 cm³/mol. The van der Waals surface area contributed by atoms with Crippen LogP contribution in [0.3, 0.4) is 0 Å². The van der Waals surface area contributed by atoms with Crippen molar-refractivity contribution in [3.05, 3.63) is 18.2 Å². The van der Waals surface area contributed by atoms with Gasteiger partial charge in [-0.2, -0.15) is 0 Å². The van der Waals surface area contributed by atoms with Crippen LogP contribution in [0.15, 0.2) is 18.2 Å². The monoisotopic (exact) mass is 264 g/mol. The average Bonchev–Trinajstić information content (AvgIpc) is 2.72. The van der Waals surface area contributed by atoms with Crippen LogP contribution in [0.25, 0.3) is 0 Å². The largest absolute Gasteiger partial charge is 0.497 e. The number of ether oxygens (including phenoxy) is 2. The minimum Gasteiger partial charge on any atom is -0.497 e. The van der Waals surface area contributed by atoms with E-state index in [1.165, 1.54) is 0 Å². The highest BCUT2D eigenvalue weighted by molar-refractivity contribution is 5.64. The highest BCUT2D eigenvalue weighted by Gasteiger charge is 2.41. The summed E-state index contributed by atoms with van der Waals surface area (Å²) in [6.45, 7) is 5.54. The quantitative estimate of drug-likeness (QED) is 0.904. The molecular formula is C15H24N2O2. The molecule has 0 bridgehead atoms. The van der Waals surface area contributed by atoms with Gasteiger partial charge in [0.2, 0.25) is 0 Å². The van der Waals surface area contributed by atoms with Crippen LogP contribution < -0.4 is 19.7 Å². The van der Waals surface area contributed by atoms with E-state index in [0.717, 1.165) is 30.2 Å². The Morgan fingerprint density at radius 1 is 1.26 bits per heavy atom. The van der Waals surface area contributed by atoms with Crippen LogP contribution in [0.5, 0.6) is 11.5 Å². The fourth-order valence-corrected chi connectivity index (χ4v) is 3.02. The molecule has 0 aliphatic carbocycles. The van der Waals surface area contributed by atoms with Crippen molar-refractivity contribution in [1.29, 1.82) is 0 Å². The highest BCUT2D eigenvalue weighted by Crippen LogP contribution is 2.40. The van der Waals surface area contributed by atoms with E-state index in [4.69, 9.17) is 9.47 Å². The van der Waals surface area contributed by atoms with E-state index in [0.29, 0.717) is 6.04 Å². The zero-order valence-corrected chi connectivity index (χ0v) is 12.5. The minimum atomic E-state index is 0.0500. The molecule has 0 saturated carbocycles. The Labute approximate surface area is 115 Å². The molecule has 1 saturated heterocycles.